The zero-order valence-electron chi connectivity index (χ0n) is 14.9. The second-order valence-electron chi connectivity index (χ2n) is 7.06. The van der Waals surface area contributed by atoms with Crippen LogP contribution in [0.25, 0.3) is 0 Å². The average molecular weight is 327 g/mol. The molecule has 0 atom stereocenters. The Bertz CT molecular complexity index is 629. The van der Waals surface area contributed by atoms with E-state index >= 15 is 0 Å². The van der Waals surface area contributed by atoms with Gasteiger partial charge in [-0.25, -0.2) is 0 Å². The molecule has 0 saturated carbocycles. The summed E-state index contributed by atoms with van der Waals surface area (Å²) in [6.07, 6.45) is 2.21. The molecule has 0 radical (unpaired) electrons. The third kappa shape index (κ3) is 3.89. The molecule has 0 bridgehead atoms. The maximum Gasteiger partial charge on any atom is 0.118 e. The van der Waals surface area contributed by atoms with Crippen molar-refractivity contribution in [3.63, 3.8) is 0 Å². The molecule has 0 aliphatic carbocycles. The quantitative estimate of drug-likeness (QED) is 0.886. The highest BCUT2D eigenvalue weighted by Crippen LogP contribution is 2.29. The molecule has 1 aromatic carbocycles. The third-order valence-corrected chi connectivity index (χ3v) is 5.41. The highest BCUT2D eigenvalue weighted by Gasteiger charge is 2.37. The summed E-state index contributed by atoms with van der Waals surface area (Å²) in [5.41, 5.74) is 7.67. The molecule has 1 aliphatic heterocycles. The van der Waals surface area contributed by atoms with E-state index in [0.29, 0.717) is 6.54 Å². The maximum absolute atomic E-state index is 6.21. The van der Waals surface area contributed by atoms with Crippen LogP contribution >= 0.6 is 0 Å². The lowest BCUT2D eigenvalue weighted by Gasteiger charge is -2.46. The second-order valence-corrected chi connectivity index (χ2v) is 7.06. The zero-order chi connectivity index (χ0) is 17.0. The molecule has 1 saturated heterocycles. The number of hydrogen-bond acceptors (Lipinski definition) is 4. The molecular formula is C20H29N3O. The minimum Gasteiger partial charge on any atom is -0.465 e. The van der Waals surface area contributed by atoms with Crippen molar-refractivity contribution in [3.8, 4) is 0 Å². The summed E-state index contributed by atoms with van der Waals surface area (Å²) < 4.78 is 5.74. The molecule has 2 aromatic rings. The van der Waals surface area contributed by atoms with Crippen LogP contribution in [0.5, 0.6) is 0 Å². The van der Waals surface area contributed by atoms with Crippen LogP contribution in [0.4, 0.5) is 0 Å². The van der Waals surface area contributed by atoms with E-state index in [1.165, 1.54) is 5.56 Å². The van der Waals surface area contributed by atoms with Gasteiger partial charge in [0.1, 0.15) is 11.5 Å². The first-order valence-corrected chi connectivity index (χ1v) is 8.84. The van der Waals surface area contributed by atoms with E-state index in [0.717, 1.165) is 50.5 Å². The van der Waals surface area contributed by atoms with Gasteiger partial charge in [0.05, 0.1) is 6.54 Å². The lowest BCUT2D eigenvalue weighted by atomic mass is 9.85. The van der Waals surface area contributed by atoms with Crippen LogP contribution in [0.2, 0.25) is 0 Å². The van der Waals surface area contributed by atoms with Crippen molar-refractivity contribution in [1.82, 2.24) is 9.80 Å². The molecule has 0 unspecified atom stereocenters. The van der Waals surface area contributed by atoms with Gasteiger partial charge in [0, 0.05) is 31.7 Å². The van der Waals surface area contributed by atoms with Crippen LogP contribution in [0.3, 0.4) is 0 Å². The lowest BCUT2D eigenvalue weighted by Crippen LogP contribution is -2.57. The van der Waals surface area contributed by atoms with Gasteiger partial charge >= 0.3 is 0 Å². The maximum atomic E-state index is 6.21. The summed E-state index contributed by atoms with van der Waals surface area (Å²) in [5.74, 6) is 1.99. The largest absolute Gasteiger partial charge is 0.465 e. The number of likely N-dealkylation sites (tertiary alicyclic amines) is 1. The van der Waals surface area contributed by atoms with Gasteiger partial charge in [-0.1, -0.05) is 30.3 Å². The van der Waals surface area contributed by atoms with Gasteiger partial charge in [-0.3, -0.25) is 9.80 Å². The van der Waals surface area contributed by atoms with Gasteiger partial charge in [-0.15, -0.1) is 0 Å². The van der Waals surface area contributed by atoms with E-state index in [-0.39, 0.29) is 5.54 Å². The van der Waals surface area contributed by atoms with Gasteiger partial charge in [-0.05, 0) is 44.5 Å². The van der Waals surface area contributed by atoms with E-state index in [9.17, 15) is 0 Å². The Hall–Kier alpha value is -1.62. The normalized spacial score (nSPS) is 18.2. The Kier molecular flexibility index (Phi) is 5.39. The average Bonchev–Trinajstić information content (AvgIpc) is 3.01. The Morgan fingerprint density at radius 3 is 2.42 bits per heavy atom. The minimum atomic E-state index is 0.0773. The van der Waals surface area contributed by atoms with Gasteiger partial charge in [0.25, 0.3) is 0 Å². The van der Waals surface area contributed by atoms with Crippen LogP contribution in [-0.2, 0) is 13.1 Å². The van der Waals surface area contributed by atoms with E-state index in [1.54, 1.807) is 0 Å². The van der Waals surface area contributed by atoms with E-state index in [2.05, 4.69) is 53.2 Å². The number of likely N-dealkylation sites (N-methyl/N-ethyl adjacent to an activating group) is 1. The van der Waals surface area contributed by atoms with Crippen LogP contribution < -0.4 is 5.73 Å². The number of aryl methyl sites for hydroxylation is 1. The molecular weight excluding hydrogens is 298 g/mol. The summed E-state index contributed by atoms with van der Waals surface area (Å²) in [4.78, 5) is 4.93. The predicted molar refractivity (Wildman–Crippen MR) is 97.7 cm³/mol. The summed E-state index contributed by atoms with van der Waals surface area (Å²) in [6.45, 7) is 6.72. The molecule has 1 aromatic heterocycles. The molecule has 3 rings (SSSR count). The molecule has 2 heterocycles. The van der Waals surface area contributed by atoms with Crippen molar-refractivity contribution in [3.05, 3.63) is 59.5 Å². The fourth-order valence-electron chi connectivity index (χ4n) is 3.68. The standard InChI is InChI=1S/C20H29N3O/c1-17-8-9-19(24-17)15-22(2)20(16-21)10-12-23(13-11-20)14-18-6-4-3-5-7-18/h3-9H,10-16,21H2,1-2H3. The number of rotatable bonds is 6. The SMILES string of the molecule is Cc1ccc(CN(C)C2(CN)CCN(Cc3ccccc3)CC2)o1. The number of hydrogen-bond donors (Lipinski definition) is 1. The molecule has 0 amide bonds. The van der Waals surface area contributed by atoms with Gasteiger partial charge in [0.15, 0.2) is 0 Å². The smallest absolute Gasteiger partial charge is 0.118 e. The summed E-state index contributed by atoms with van der Waals surface area (Å²) in [5, 5.41) is 0. The molecule has 2 N–H and O–H groups in total. The fourth-order valence-corrected chi connectivity index (χ4v) is 3.68. The molecule has 1 aliphatic rings. The third-order valence-electron chi connectivity index (χ3n) is 5.41. The van der Waals surface area contributed by atoms with Crippen molar-refractivity contribution < 1.29 is 4.42 Å². The fraction of sp³-hybridized carbons (Fsp3) is 0.500. The Morgan fingerprint density at radius 2 is 1.83 bits per heavy atom. The van der Waals surface area contributed by atoms with E-state index in [4.69, 9.17) is 10.2 Å². The Labute approximate surface area is 145 Å². The summed E-state index contributed by atoms with van der Waals surface area (Å²) in [6, 6.07) is 14.8. The van der Waals surface area contributed by atoms with Crippen molar-refractivity contribution in [2.75, 3.05) is 26.7 Å². The first kappa shape index (κ1) is 17.2. The van der Waals surface area contributed by atoms with Crippen LogP contribution in [0.15, 0.2) is 46.9 Å². The summed E-state index contributed by atoms with van der Waals surface area (Å²) >= 11 is 0. The van der Waals surface area contributed by atoms with E-state index < -0.39 is 0 Å². The zero-order valence-corrected chi connectivity index (χ0v) is 14.9. The minimum absolute atomic E-state index is 0.0773. The number of piperidine rings is 1. The van der Waals surface area contributed by atoms with Gasteiger partial charge < -0.3 is 10.2 Å². The Balaban J connectivity index is 1.58. The van der Waals surface area contributed by atoms with E-state index in [1.807, 2.05) is 13.0 Å². The van der Waals surface area contributed by atoms with Crippen LogP contribution in [0.1, 0.15) is 29.9 Å². The molecule has 1 fully saturated rings. The molecule has 24 heavy (non-hydrogen) atoms. The topological polar surface area (TPSA) is 45.6 Å². The van der Waals surface area contributed by atoms with Crippen molar-refractivity contribution in [2.24, 2.45) is 5.73 Å². The van der Waals surface area contributed by atoms with Gasteiger partial charge in [-0.2, -0.15) is 0 Å². The highest BCUT2D eigenvalue weighted by atomic mass is 16.3. The number of benzene rings is 1. The second kappa shape index (κ2) is 7.51. The number of furan rings is 1. The van der Waals surface area contributed by atoms with Crippen LogP contribution in [-0.4, -0.2) is 42.0 Å². The van der Waals surface area contributed by atoms with Crippen molar-refractivity contribution in [2.45, 2.75) is 38.4 Å². The Morgan fingerprint density at radius 1 is 1.12 bits per heavy atom. The predicted octanol–water partition coefficient (Wildman–Crippen LogP) is 3.01. The summed E-state index contributed by atoms with van der Waals surface area (Å²) in [7, 11) is 2.18. The van der Waals surface area contributed by atoms with Gasteiger partial charge in [0.2, 0.25) is 0 Å². The number of nitrogens with zero attached hydrogens (tertiary/aromatic N) is 2. The van der Waals surface area contributed by atoms with Crippen molar-refractivity contribution in [1.29, 1.82) is 0 Å². The highest BCUT2D eigenvalue weighted by molar-refractivity contribution is 5.15. The number of nitrogens with two attached hydrogens (primary N) is 1. The molecule has 0 spiro atoms. The molecule has 130 valence electrons. The monoisotopic (exact) mass is 327 g/mol. The van der Waals surface area contributed by atoms with Crippen LogP contribution in [0, 0.1) is 6.92 Å². The lowest BCUT2D eigenvalue weighted by molar-refractivity contribution is 0.0333. The first-order chi connectivity index (χ1) is 11.6. The first-order valence-electron chi connectivity index (χ1n) is 8.84. The molecule has 4 nitrogen and oxygen atoms in total. The van der Waals surface area contributed by atoms with Crippen molar-refractivity contribution >= 4 is 0 Å². The molecule has 4 heteroatoms.